The number of carbonyl (C=O) groups excluding carboxylic acids is 1. The van der Waals surface area contributed by atoms with Crippen LogP contribution >= 0.6 is 0 Å². The van der Waals surface area contributed by atoms with Crippen LogP contribution < -0.4 is 5.32 Å². The van der Waals surface area contributed by atoms with Crippen molar-refractivity contribution < 1.29 is 9.90 Å². The molecule has 0 heterocycles. The number of rotatable bonds is 3. The van der Waals surface area contributed by atoms with Gasteiger partial charge in [-0.15, -0.1) is 0 Å². The minimum atomic E-state index is -0.298. The van der Waals surface area contributed by atoms with Gasteiger partial charge in [0.2, 0.25) is 5.91 Å². The molecule has 0 aromatic heterocycles. The van der Waals surface area contributed by atoms with Crippen LogP contribution in [0.4, 0.5) is 0 Å². The fourth-order valence-corrected chi connectivity index (χ4v) is 1.44. The Morgan fingerprint density at radius 1 is 1.50 bits per heavy atom. The van der Waals surface area contributed by atoms with Crippen LogP contribution in [0.1, 0.15) is 24.1 Å². The van der Waals surface area contributed by atoms with Crippen molar-refractivity contribution in [1.29, 1.82) is 0 Å². The summed E-state index contributed by atoms with van der Waals surface area (Å²) < 4.78 is 0. The molecule has 0 fully saturated rings. The van der Waals surface area contributed by atoms with Gasteiger partial charge in [0.25, 0.3) is 0 Å². The second-order valence-corrected chi connectivity index (χ2v) is 3.29. The van der Waals surface area contributed by atoms with Crippen LogP contribution in [-0.4, -0.2) is 17.6 Å². The Morgan fingerprint density at radius 3 is 2.64 bits per heavy atom. The molecule has 1 aromatic rings. The van der Waals surface area contributed by atoms with Crippen LogP contribution in [0.3, 0.4) is 0 Å². The number of amides is 1. The molecule has 14 heavy (non-hydrogen) atoms. The quantitative estimate of drug-likeness (QED) is 0.757. The summed E-state index contributed by atoms with van der Waals surface area (Å²) in [6.07, 6.45) is 0. The van der Waals surface area contributed by atoms with Crippen LogP contribution in [0, 0.1) is 6.92 Å². The van der Waals surface area contributed by atoms with Crippen molar-refractivity contribution in [3.63, 3.8) is 0 Å². The summed E-state index contributed by atoms with van der Waals surface area (Å²) in [4.78, 5) is 10.9. The number of carbonyl (C=O) groups is 1. The van der Waals surface area contributed by atoms with Crippen molar-refractivity contribution in [3.05, 3.63) is 35.4 Å². The fourth-order valence-electron chi connectivity index (χ4n) is 1.44. The number of aliphatic hydroxyl groups excluding tert-OH is 1. The second-order valence-electron chi connectivity index (χ2n) is 3.29. The van der Waals surface area contributed by atoms with Crippen molar-refractivity contribution >= 4 is 5.91 Å². The molecule has 0 saturated heterocycles. The van der Waals surface area contributed by atoms with Gasteiger partial charge in [-0.2, -0.15) is 0 Å². The molecular formula is C11H15NO2. The first-order valence-electron chi connectivity index (χ1n) is 4.58. The van der Waals surface area contributed by atoms with E-state index in [1.807, 2.05) is 31.2 Å². The van der Waals surface area contributed by atoms with Crippen molar-refractivity contribution in [2.75, 3.05) is 6.61 Å². The maximum Gasteiger partial charge on any atom is 0.217 e. The summed E-state index contributed by atoms with van der Waals surface area (Å²) >= 11 is 0. The zero-order valence-electron chi connectivity index (χ0n) is 8.45. The number of benzene rings is 1. The summed E-state index contributed by atoms with van der Waals surface area (Å²) in [6.45, 7) is 3.32. The number of aryl methyl sites for hydroxylation is 1. The molecule has 0 radical (unpaired) electrons. The average molecular weight is 193 g/mol. The number of hydrogen-bond acceptors (Lipinski definition) is 2. The predicted octanol–water partition coefficient (Wildman–Crippen LogP) is 1.16. The van der Waals surface area contributed by atoms with E-state index in [1.54, 1.807) is 0 Å². The van der Waals surface area contributed by atoms with Gasteiger partial charge in [0.05, 0.1) is 12.6 Å². The second kappa shape index (κ2) is 4.77. The van der Waals surface area contributed by atoms with Gasteiger partial charge in [0.15, 0.2) is 0 Å². The summed E-state index contributed by atoms with van der Waals surface area (Å²) in [6, 6.07) is 7.40. The molecule has 2 N–H and O–H groups in total. The van der Waals surface area contributed by atoms with Crippen LogP contribution in [0.2, 0.25) is 0 Å². The maximum atomic E-state index is 10.9. The van der Waals surface area contributed by atoms with E-state index in [2.05, 4.69) is 5.32 Å². The van der Waals surface area contributed by atoms with Crippen LogP contribution in [0.5, 0.6) is 0 Å². The average Bonchev–Trinajstić information content (AvgIpc) is 2.15. The molecule has 1 unspecified atom stereocenters. The molecule has 1 atom stereocenters. The van der Waals surface area contributed by atoms with Crippen molar-refractivity contribution in [3.8, 4) is 0 Å². The highest BCUT2D eigenvalue weighted by Gasteiger charge is 2.12. The molecule has 0 aliphatic rings. The molecule has 0 aliphatic carbocycles. The number of aliphatic hydroxyl groups is 1. The highest BCUT2D eigenvalue weighted by molar-refractivity contribution is 5.73. The van der Waals surface area contributed by atoms with Crippen LogP contribution in [0.25, 0.3) is 0 Å². The van der Waals surface area contributed by atoms with Gasteiger partial charge in [-0.25, -0.2) is 0 Å². The Labute approximate surface area is 83.8 Å². The van der Waals surface area contributed by atoms with E-state index in [4.69, 9.17) is 5.11 Å². The van der Waals surface area contributed by atoms with Gasteiger partial charge in [0.1, 0.15) is 0 Å². The fraction of sp³-hybridized carbons (Fsp3) is 0.364. The van der Waals surface area contributed by atoms with Crippen LogP contribution in [0.15, 0.2) is 24.3 Å². The topological polar surface area (TPSA) is 49.3 Å². The van der Waals surface area contributed by atoms with E-state index in [0.717, 1.165) is 11.1 Å². The van der Waals surface area contributed by atoms with Gasteiger partial charge in [0, 0.05) is 6.92 Å². The summed E-state index contributed by atoms with van der Waals surface area (Å²) in [5.41, 5.74) is 2.03. The van der Waals surface area contributed by atoms with Crippen LogP contribution in [-0.2, 0) is 4.79 Å². The van der Waals surface area contributed by atoms with Crippen molar-refractivity contribution in [1.82, 2.24) is 5.32 Å². The van der Waals surface area contributed by atoms with Gasteiger partial charge < -0.3 is 10.4 Å². The third-order valence-corrected chi connectivity index (χ3v) is 2.12. The Balaban J connectivity index is 2.89. The monoisotopic (exact) mass is 193 g/mol. The molecule has 0 spiro atoms. The van der Waals surface area contributed by atoms with E-state index in [1.165, 1.54) is 6.92 Å². The third-order valence-electron chi connectivity index (χ3n) is 2.12. The Bertz CT molecular complexity index is 323. The first-order valence-corrected chi connectivity index (χ1v) is 4.58. The van der Waals surface area contributed by atoms with Gasteiger partial charge in [-0.1, -0.05) is 24.3 Å². The first kappa shape index (κ1) is 10.7. The van der Waals surface area contributed by atoms with Gasteiger partial charge >= 0.3 is 0 Å². The highest BCUT2D eigenvalue weighted by Crippen LogP contribution is 2.16. The summed E-state index contributed by atoms with van der Waals surface area (Å²) in [5, 5.41) is 11.8. The highest BCUT2D eigenvalue weighted by atomic mass is 16.3. The van der Waals surface area contributed by atoms with Crippen molar-refractivity contribution in [2.24, 2.45) is 0 Å². The normalized spacial score (nSPS) is 12.2. The lowest BCUT2D eigenvalue weighted by Gasteiger charge is -2.17. The maximum absolute atomic E-state index is 10.9. The van der Waals surface area contributed by atoms with E-state index < -0.39 is 0 Å². The number of hydrogen-bond donors (Lipinski definition) is 2. The molecule has 1 amide bonds. The van der Waals surface area contributed by atoms with Gasteiger partial charge in [-0.05, 0) is 18.1 Å². The first-order chi connectivity index (χ1) is 6.65. The molecular weight excluding hydrogens is 178 g/mol. The minimum Gasteiger partial charge on any atom is -0.394 e. The largest absolute Gasteiger partial charge is 0.394 e. The van der Waals surface area contributed by atoms with Crippen molar-refractivity contribution in [2.45, 2.75) is 19.9 Å². The SMILES string of the molecule is CC(=O)NC(CO)c1ccccc1C. The lowest BCUT2D eigenvalue weighted by atomic mass is 10.0. The molecule has 0 saturated carbocycles. The lowest BCUT2D eigenvalue weighted by molar-refractivity contribution is -0.120. The molecule has 76 valence electrons. The van der Waals surface area contributed by atoms with Gasteiger partial charge in [-0.3, -0.25) is 4.79 Å². The van der Waals surface area contributed by atoms with E-state index in [0.29, 0.717) is 0 Å². The number of nitrogens with one attached hydrogen (secondary N) is 1. The molecule has 0 aliphatic heterocycles. The smallest absolute Gasteiger partial charge is 0.217 e. The molecule has 3 nitrogen and oxygen atoms in total. The van der Waals surface area contributed by atoms with E-state index >= 15 is 0 Å². The van der Waals surface area contributed by atoms with E-state index in [9.17, 15) is 4.79 Å². The molecule has 1 aromatic carbocycles. The lowest BCUT2D eigenvalue weighted by Crippen LogP contribution is -2.29. The zero-order valence-corrected chi connectivity index (χ0v) is 8.45. The Hall–Kier alpha value is -1.35. The molecule has 3 heteroatoms. The molecule has 1 rings (SSSR count). The Morgan fingerprint density at radius 2 is 2.14 bits per heavy atom. The third kappa shape index (κ3) is 2.57. The standard InChI is InChI=1S/C11H15NO2/c1-8-5-3-4-6-10(8)11(7-13)12-9(2)14/h3-6,11,13H,7H2,1-2H3,(H,12,14). The predicted molar refractivity (Wildman–Crippen MR) is 54.8 cm³/mol. The Kier molecular flexibility index (Phi) is 3.65. The molecule has 0 bridgehead atoms. The summed E-state index contributed by atoms with van der Waals surface area (Å²) in [5.74, 6) is -0.132. The zero-order chi connectivity index (χ0) is 10.6. The van der Waals surface area contributed by atoms with E-state index in [-0.39, 0.29) is 18.6 Å². The summed E-state index contributed by atoms with van der Waals surface area (Å²) in [7, 11) is 0. The minimum absolute atomic E-state index is 0.0789.